The Hall–Kier alpha value is -0.740. The summed E-state index contributed by atoms with van der Waals surface area (Å²) in [7, 11) is 1.44. The van der Waals surface area contributed by atoms with Gasteiger partial charge in [-0.2, -0.15) is 5.26 Å². The molecule has 0 N–H and O–H groups in total. The van der Waals surface area contributed by atoms with E-state index >= 15 is 0 Å². The Morgan fingerprint density at radius 3 is 2.87 bits per heavy atom. The number of nitriles is 1. The molecule has 2 aromatic rings. The Bertz CT molecular complexity index is 571. The van der Waals surface area contributed by atoms with Crippen LogP contribution in [-0.4, -0.2) is 3.97 Å². The first kappa shape index (κ1) is 10.8. The molecular weight excluding hydrogens is 326 g/mol. The Kier molecular flexibility index (Phi) is 2.89. The fraction of sp³-hybridized carbons (Fsp3) is 0.100. The molecule has 0 amide bonds. The molecule has 0 spiro atoms. The summed E-state index contributed by atoms with van der Waals surface area (Å²) in [6.45, 7) is 1.90. The summed E-state index contributed by atoms with van der Waals surface area (Å²) in [6.07, 6.45) is 0. The van der Waals surface area contributed by atoms with Crippen molar-refractivity contribution in [1.82, 2.24) is 3.97 Å². The van der Waals surface area contributed by atoms with E-state index < -0.39 is 0 Å². The van der Waals surface area contributed by atoms with E-state index in [1.165, 1.54) is 21.3 Å². The van der Waals surface area contributed by atoms with E-state index in [4.69, 9.17) is 5.26 Å². The van der Waals surface area contributed by atoms with E-state index in [9.17, 15) is 4.39 Å². The summed E-state index contributed by atoms with van der Waals surface area (Å²) in [5.74, 6) is -0.281. The second-order valence-electron chi connectivity index (χ2n) is 3.12. The summed E-state index contributed by atoms with van der Waals surface area (Å²) < 4.78 is 15.4. The molecule has 1 aromatic carbocycles. The predicted molar refractivity (Wildman–Crippen MR) is 68.4 cm³/mol. The topological polar surface area (TPSA) is 28.7 Å². The van der Waals surface area contributed by atoms with Crippen molar-refractivity contribution in [3.05, 3.63) is 35.3 Å². The molecule has 0 aliphatic heterocycles. The van der Waals surface area contributed by atoms with Crippen molar-refractivity contribution in [3.63, 3.8) is 0 Å². The molecule has 0 bridgehead atoms. The van der Waals surface area contributed by atoms with Crippen LogP contribution in [0.15, 0.2) is 18.2 Å². The van der Waals surface area contributed by atoms with Gasteiger partial charge in [0.15, 0.2) is 0 Å². The highest BCUT2D eigenvalue weighted by atomic mass is 127. The van der Waals surface area contributed by atoms with Crippen molar-refractivity contribution in [3.8, 4) is 6.07 Å². The Labute approximate surface area is 103 Å². The van der Waals surface area contributed by atoms with E-state index in [-0.39, 0.29) is 5.82 Å². The second kappa shape index (κ2) is 4.02. The third-order valence-corrected chi connectivity index (χ3v) is 4.02. The van der Waals surface area contributed by atoms with E-state index in [0.717, 1.165) is 5.69 Å². The van der Waals surface area contributed by atoms with Gasteiger partial charge in [0.05, 0.1) is 11.1 Å². The van der Waals surface area contributed by atoms with Crippen LogP contribution >= 0.6 is 30.3 Å². The fourth-order valence-corrected chi connectivity index (χ4v) is 3.51. The van der Waals surface area contributed by atoms with Crippen LogP contribution in [0, 0.1) is 24.1 Å². The van der Waals surface area contributed by atoms with Crippen LogP contribution in [0.4, 0.5) is 4.39 Å². The van der Waals surface area contributed by atoms with Crippen molar-refractivity contribution >= 4 is 41.2 Å². The van der Waals surface area contributed by atoms with Crippen molar-refractivity contribution in [2.75, 3.05) is 0 Å². The van der Waals surface area contributed by atoms with Crippen LogP contribution < -0.4 is 0 Å². The standard InChI is InChI=1S/C10H6FIN2S/c1-6-4-8-9(11)3-2-7(5-13)10(8)14(6)15-12/h2-4H,1H3. The van der Waals surface area contributed by atoms with Gasteiger partial charge in [0.1, 0.15) is 11.9 Å². The second-order valence-corrected chi connectivity index (χ2v) is 4.80. The molecule has 2 nitrogen and oxygen atoms in total. The number of aryl methyl sites for hydroxylation is 1. The largest absolute Gasteiger partial charge is 0.278 e. The zero-order valence-corrected chi connectivity index (χ0v) is 10.8. The van der Waals surface area contributed by atoms with Crippen LogP contribution in [0.25, 0.3) is 10.9 Å². The van der Waals surface area contributed by atoms with E-state index in [0.29, 0.717) is 16.5 Å². The fourth-order valence-electron chi connectivity index (χ4n) is 1.56. The average molecular weight is 332 g/mol. The minimum atomic E-state index is -0.281. The van der Waals surface area contributed by atoms with Gasteiger partial charge in [0, 0.05) is 41.4 Å². The molecule has 1 aromatic heterocycles. The zero-order valence-electron chi connectivity index (χ0n) is 7.79. The molecule has 15 heavy (non-hydrogen) atoms. The maximum Gasteiger partial charge on any atom is 0.132 e. The van der Waals surface area contributed by atoms with Crippen LogP contribution in [0.2, 0.25) is 0 Å². The maximum absolute atomic E-state index is 13.5. The number of rotatable bonds is 1. The number of halogens is 2. The molecule has 5 heteroatoms. The maximum atomic E-state index is 13.5. The molecule has 0 aliphatic carbocycles. The normalized spacial score (nSPS) is 10.5. The molecule has 0 saturated carbocycles. The molecule has 0 radical (unpaired) electrons. The number of benzene rings is 1. The summed E-state index contributed by atoms with van der Waals surface area (Å²) >= 11 is 2.12. The third kappa shape index (κ3) is 1.62. The summed E-state index contributed by atoms with van der Waals surface area (Å²) in [5, 5.41) is 9.47. The molecule has 0 atom stereocenters. The molecule has 0 fully saturated rings. The highest BCUT2D eigenvalue weighted by molar-refractivity contribution is 14.2. The van der Waals surface area contributed by atoms with Crippen molar-refractivity contribution in [1.29, 1.82) is 5.26 Å². The number of aromatic nitrogens is 1. The highest BCUT2D eigenvalue weighted by Gasteiger charge is 2.13. The first-order valence-corrected chi connectivity index (χ1v) is 7.50. The van der Waals surface area contributed by atoms with E-state index in [2.05, 4.69) is 27.3 Å². The minimum Gasteiger partial charge on any atom is -0.278 e. The van der Waals surface area contributed by atoms with Crippen LogP contribution in [0.5, 0.6) is 0 Å². The van der Waals surface area contributed by atoms with Gasteiger partial charge in [-0.15, -0.1) is 0 Å². The lowest BCUT2D eigenvalue weighted by molar-refractivity contribution is 0.640. The Balaban J connectivity index is 2.97. The van der Waals surface area contributed by atoms with Crippen molar-refractivity contribution in [2.24, 2.45) is 0 Å². The number of fused-ring (bicyclic) bond motifs is 1. The van der Waals surface area contributed by atoms with Gasteiger partial charge in [-0.05, 0) is 25.1 Å². The van der Waals surface area contributed by atoms with E-state index in [1.54, 1.807) is 6.07 Å². The first-order valence-electron chi connectivity index (χ1n) is 4.18. The van der Waals surface area contributed by atoms with Crippen LogP contribution in [0.1, 0.15) is 11.3 Å². The third-order valence-electron chi connectivity index (χ3n) is 2.23. The highest BCUT2D eigenvalue weighted by Crippen LogP contribution is 2.31. The van der Waals surface area contributed by atoms with Gasteiger partial charge < -0.3 is 0 Å². The molecule has 2 rings (SSSR count). The monoisotopic (exact) mass is 332 g/mol. The molecule has 0 saturated heterocycles. The van der Waals surface area contributed by atoms with Crippen LogP contribution in [-0.2, 0) is 0 Å². The van der Waals surface area contributed by atoms with Gasteiger partial charge in [0.2, 0.25) is 0 Å². The number of hydrogen-bond acceptors (Lipinski definition) is 2. The SMILES string of the molecule is Cc1cc2c(F)ccc(C#N)c2n1SI. The molecule has 1 heterocycles. The molecular formula is C10H6FIN2S. The molecule has 0 aliphatic rings. The summed E-state index contributed by atoms with van der Waals surface area (Å²) in [6, 6.07) is 6.69. The predicted octanol–water partition coefficient (Wildman–Crippen LogP) is 3.81. The zero-order chi connectivity index (χ0) is 11.0. The minimum absolute atomic E-state index is 0.281. The molecule has 76 valence electrons. The van der Waals surface area contributed by atoms with Gasteiger partial charge in [-0.25, -0.2) is 4.39 Å². The summed E-state index contributed by atoms with van der Waals surface area (Å²) in [5.41, 5.74) is 2.10. The Morgan fingerprint density at radius 1 is 1.53 bits per heavy atom. The Morgan fingerprint density at radius 2 is 2.27 bits per heavy atom. The number of hydrogen-bond donors (Lipinski definition) is 0. The van der Waals surface area contributed by atoms with Gasteiger partial charge >= 0.3 is 0 Å². The lowest BCUT2D eigenvalue weighted by Crippen LogP contribution is -1.89. The number of nitrogens with zero attached hydrogens (tertiary/aromatic N) is 2. The quantitative estimate of drug-likeness (QED) is 0.743. The lowest BCUT2D eigenvalue weighted by atomic mass is 10.1. The van der Waals surface area contributed by atoms with E-state index in [1.807, 2.05) is 10.9 Å². The van der Waals surface area contributed by atoms with Gasteiger partial charge in [-0.3, -0.25) is 3.97 Å². The average Bonchev–Trinajstić information content (AvgIpc) is 2.56. The molecule has 0 unspecified atom stereocenters. The smallest absolute Gasteiger partial charge is 0.132 e. The van der Waals surface area contributed by atoms with Gasteiger partial charge in [0.25, 0.3) is 0 Å². The first-order chi connectivity index (χ1) is 7.19. The van der Waals surface area contributed by atoms with Gasteiger partial charge in [-0.1, -0.05) is 0 Å². The van der Waals surface area contributed by atoms with Crippen molar-refractivity contribution in [2.45, 2.75) is 6.92 Å². The van der Waals surface area contributed by atoms with Crippen LogP contribution in [0.3, 0.4) is 0 Å². The lowest BCUT2D eigenvalue weighted by Gasteiger charge is -2.02. The van der Waals surface area contributed by atoms with Crippen molar-refractivity contribution < 1.29 is 4.39 Å². The summed E-state index contributed by atoms with van der Waals surface area (Å²) in [4.78, 5) is 0.